The number of rotatable bonds is 6. The van der Waals surface area contributed by atoms with Gasteiger partial charge in [0.15, 0.2) is 0 Å². The van der Waals surface area contributed by atoms with E-state index in [1.807, 2.05) is 12.1 Å². The monoisotopic (exact) mass is 295 g/mol. The van der Waals surface area contributed by atoms with Crippen LogP contribution in [-0.2, 0) is 4.74 Å². The highest BCUT2D eigenvalue weighted by molar-refractivity contribution is 9.10. The lowest BCUT2D eigenvalue weighted by Crippen LogP contribution is -2.00. The van der Waals surface area contributed by atoms with E-state index in [0.29, 0.717) is 12.5 Å². The molecule has 0 aliphatic carbocycles. The normalized spacial score (nSPS) is 10.4. The molecule has 0 aliphatic rings. The number of hydrogen-bond donors (Lipinski definition) is 0. The van der Waals surface area contributed by atoms with Gasteiger partial charge in [-0.1, -0.05) is 0 Å². The number of aromatic nitrogens is 1. The average molecular weight is 297 g/mol. The Morgan fingerprint density at radius 3 is 2.93 bits per heavy atom. The molecule has 0 saturated heterocycles. The Hall–Kier alpha value is 0.230. The van der Waals surface area contributed by atoms with Crippen LogP contribution in [0.5, 0.6) is 0 Å². The topological polar surface area (TPSA) is 22.1 Å². The SMILES string of the molecule is ClCCOCCSc1ccc(Br)cn1. The van der Waals surface area contributed by atoms with Crippen LogP contribution in [0.3, 0.4) is 0 Å². The van der Waals surface area contributed by atoms with Gasteiger partial charge >= 0.3 is 0 Å². The Balaban J connectivity index is 2.15. The Labute approximate surface area is 102 Å². The van der Waals surface area contributed by atoms with E-state index < -0.39 is 0 Å². The third-order valence-corrected chi connectivity index (χ3v) is 2.93. The highest BCUT2D eigenvalue weighted by Crippen LogP contribution is 2.16. The number of halogens is 2. The van der Waals surface area contributed by atoms with Crippen molar-refractivity contribution < 1.29 is 4.74 Å². The van der Waals surface area contributed by atoms with E-state index in [-0.39, 0.29) is 0 Å². The largest absolute Gasteiger partial charge is 0.379 e. The fourth-order valence-corrected chi connectivity index (χ4v) is 1.85. The minimum absolute atomic E-state index is 0.557. The number of ether oxygens (including phenoxy) is 1. The molecular formula is C9H11BrClNOS. The second-order valence-corrected chi connectivity index (χ2v) is 4.87. The number of alkyl halides is 1. The molecule has 0 fully saturated rings. The highest BCUT2D eigenvalue weighted by atomic mass is 79.9. The van der Waals surface area contributed by atoms with Crippen LogP contribution in [0, 0.1) is 0 Å². The molecule has 0 unspecified atom stereocenters. The lowest BCUT2D eigenvalue weighted by atomic mass is 10.5. The number of hydrogen-bond acceptors (Lipinski definition) is 3. The van der Waals surface area contributed by atoms with Crippen molar-refractivity contribution in [1.82, 2.24) is 4.98 Å². The molecule has 0 amide bonds. The van der Waals surface area contributed by atoms with Crippen LogP contribution < -0.4 is 0 Å². The summed E-state index contributed by atoms with van der Waals surface area (Å²) in [7, 11) is 0. The maximum absolute atomic E-state index is 5.47. The maximum Gasteiger partial charge on any atom is 0.0961 e. The number of pyridine rings is 1. The van der Waals surface area contributed by atoms with Crippen LogP contribution in [-0.4, -0.2) is 29.8 Å². The highest BCUT2D eigenvalue weighted by Gasteiger charge is 1.95. The summed E-state index contributed by atoms with van der Waals surface area (Å²) in [5.74, 6) is 1.47. The molecule has 2 nitrogen and oxygen atoms in total. The first-order valence-electron chi connectivity index (χ1n) is 4.21. The van der Waals surface area contributed by atoms with Gasteiger partial charge in [0.1, 0.15) is 0 Å². The van der Waals surface area contributed by atoms with E-state index in [9.17, 15) is 0 Å². The molecule has 14 heavy (non-hydrogen) atoms. The smallest absolute Gasteiger partial charge is 0.0961 e. The van der Waals surface area contributed by atoms with Gasteiger partial charge in [0, 0.05) is 22.3 Å². The summed E-state index contributed by atoms with van der Waals surface area (Å²) in [5.41, 5.74) is 0. The van der Waals surface area contributed by atoms with E-state index in [4.69, 9.17) is 16.3 Å². The van der Waals surface area contributed by atoms with Crippen LogP contribution in [0.15, 0.2) is 27.8 Å². The third-order valence-electron chi connectivity index (χ3n) is 1.40. The van der Waals surface area contributed by atoms with Crippen molar-refractivity contribution in [1.29, 1.82) is 0 Å². The van der Waals surface area contributed by atoms with Gasteiger partial charge in [0.25, 0.3) is 0 Å². The Bertz CT molecular complexity index is 257. The Morgan fingerprint density at radius 1 is 1.43 bits per heavy atom. The molecule has 0 atom stereocenters. The first-order valence-corrected chi connectivity index (χ1v) is 6.52. The van der Waals surface area contributed by atoms with Gasteiger partial charge in [-0.25, -0.2) is 4.98 Å². The fourth-order valence-electron chi connectivity index (χ4n) is 0.809. The molecule has 0 aromatic carbocycles. The molecule has 1 aromatic rings. The average Bonchev–Trinajstić information content (AvgIpc) is 2.21. The summed E-state index contributed by atoms with van der Waals surface area (Å²) < 4.78 is 6.24. The molecule has 78 valence electrons. The van der Waals surface area contributed by atoms with Gasteiger partial charge in [-0.3, -0.25) is 0 Å². The molecule has 0 radical (unpaired) electrons. The Kier molecular flexibility index (Phi) is 6.60. The second kappa shape index (κ2) is 7.51. The van der Waals surface area contributed by atoms with Gasteiger partial charge < -0.3 is 4.74 Å². The fraction of sp³-hybridized carbons (Fsp3) is 0.444. The van der Waals surface area contributed by atoms with Gasteiger partial charge in [-0.2, -0.15) is 0 Å². The van der Waals surface area contributed by atoms with E-state index in [0.717, 1.165) is 21.9 Å². The molecule has 5 heteroatoms. The minimum Gasteiger partial charge on any atom is -0.379 e. The molecule has 0 N–H and O–H groups in total. The molecule has 1 aromatic heterocycles. The molecule has 0 aliphatic heterocycles. The van der Waals surface area contributed by atoms with E-state index in [1.165, 1.54) is 0 Å². The van der Waals surface area contributed by atoms with Gasteiger partial charge in [-0.05, 0) is 28.1 Å². The zero-order valence-corrected chi connectivity index (χ0v) is 10.7. The maximum atomic E-state index is 5.47. The molecule has 0 saturated carbocycles. The van der Waals surface area contributed by atoms with Crippen molar-refractivity contribution in [3.63, 3.8) is 0 Å². The zero-order valence-electron chi connectivity index (χ0n) is 7.58. The third kappa shape index (κ3) is 5.20. The summed E-state index contributed by atoms with van der Waals surface area (Å²) in [4.78, 5) is 4.23. The number of nitrogens with zero attached hydrogens (tertiary/aromatic N) is 1. The predicted molar refractivity (Wildman–Crippen MR) is 64.2 cm³/mol. The summed E-state index contributed by atoms with van der Waals surface area (Å²) >= 11 is 10.5. The van der Waals surface area contributed by atoms with E-state index in [1.54, 1.807) is 18.0 Å². The predicted octanol–water partition coefficient (Wildman–Crippen LogP) is 3.19. The van der Waals surface area contributed by atoms with Crippen molar-refractivity contribution >= 4 is 39.3 Å². The first-order chi connectivity index (χ1) is 6.83. The lowest BCUT2D eigenvalue weighted by Gasteiger charge is -2.01. The van der Waals surface area contributed by atoms with Crippen molar-refractivity contribution in [2.45, 2.75) is 5.03 Å². The van der Waals surface area contributed by atoms with Crippen LogP contribution in [0.1, 0.15) is 0 Å². The zero-order chi connectivity index (χ0) is 10.2. The van der Waals surface area contributed by atoms with E-state index >= 15 is 0 Å². The minimum atomic E-state index is 0.557. The van der Waals surface area contributed by atoms with Crippen LogP contribution in [0.25, 0.3) is 0 Å². The van der Waals surface area contributed by atoms with Crippen molar-refractivity contribution in [2.24, 2.45) is 0 Å². The number of thioether (sulfide) groups is 1. The molecule has 0 bridgehead atoms. The Morgan fingerprint density at radius 2 is 2.29 bits per heavy atom. The van der Waals surface area contributed by atoms with Crippen LogP contribution >= 0.6 is 39.3 Å². The van der Waals surface area contributed by atoms with E-state index in [2.05, 4.69) is 20.9 Å². The molecular weight excluding hydrogens is 286 g/mol. The van der Waals surface area contributed by atoms with Gasteiger partial charge in [-0.15, -0.1) is 23.4 Å². The molecule has 0 spiro atoms. The summed E-state index contributed by atoms with van der Waals surface area (Å²) in [5, 5.41) is 1.02. The first kappa shape index (κ1) is 12.3. The summed E-state index contributed by atoms with van der Waals surface area (Å²) in [6.07, 6.45) is 1.79. The summed E-state index contributed by atoms with van der Waals surface area (Å²) in [6, 6.07) is 3.96. The quantitative estimate of drug-likeness (QED) is 0.457. The molecule has 1 heterocycles. The second-order valence-electron chi connectivity index (χ2n) is 2.46. The summed E-state index contributed by atoms with van der Waals surface area (Å²) in [6.45, 7) is 1.34. The van der Waals surface area contributed by atoms with Crippen LogP contribution in [0.4, 0.5) is 0 Å². The van der Waals surface area contributed by atoms with Crippen molar-refractivity contribution in [3.8, 4) is 0 Å². The van der Waals surface area contributed by atoms with Crippen molar-refractivity contribution in [3.05, 3.63) is 22.8 Å². The molecule has 1 rings (SSSR count). The standard InChI is InChI=1S/C9H11BrClNOS/c10-8-1-2-9(12-7-8)14-6-5-13-4-3-11/h1-2,7H,3-6H2. The van der Waals surface area contributed by atoms with Crippen molar-refractivity contribution in [2.75, 3.05) is 24.8 Å². The lowest BCUT2D eigenvalue weighted by molar-refractivity contribution is 0.166. The van der Waals surface area contributed by atoms with Crippen LogP contribution in [0.2, 0.25) is 0 Å². The van der Waals surface area contributed by atoms with Gasteiger partial charge in [0.2, 0.25) is 0 Å². The van der Waals surface area contributed by atoms with Gasteiger partial charge in [0.05, 0.1) is 18.2 Å².